The minimum absolute atomic E-state index is 0.00785. The summed E-state index contributed by atoms with van der Waals surface area (Å²) in [7, 11) is 0. The number of piperidine rings is 1. The monoisotopic (exact) mass is 331 g/mol. The topological polar surface area (TPSA) is 63.2 Å². The van der Waals surface area contributed by atoms with Gasteiger partial charge in [0.05, 0.1) is 0 Å². The molecule has 2 amide bonds. The van der Waals surface area contributed by atoms with Crippen molar-refractivity contribution in [3.05, 3.63) is 34.1 Å². The van der Waals surface area contributed by atoms with E-state index in [1.54, 1.807) is 6.92 Å². The molecule has 1 fully saturated rings. The number of Topliss-reactive ketones (excluding diaryl/α,β-unsaturated/α-hetero) is 1. The van der Waals surface area contributed by atoms with Crippen molar-refractivity contribution in [1.82, 2.24) is 5.32 Å². The van der Waals surface area contributed by atoms with E-state index in [1.807, 2.05) is 6.92 Å². The number of nitrogens with one attached hydrogen (secondary N) is 1. The Balaban J connectivity index is 1.70. The summed E-state index contributed by atoms with van der Waals surface area (Å²) < 4.78 is 13.9. The van der Waals surface area contributed by atoms with Crippen LogP contribution in [0.15, 0.2) is 6.07 Å². The van der Waals surface area contributed by atoms with Crippen molar-refractivity contribution in [2.24, 2.45) is 11.8 Å². The van der Waals surface area contributed by atoms with Crippen molar-refractivity contribution in [2.75, 3.05) is 0 Å². The highest BCUT2D eigenvalue weighted by Gasteiger charge is 2.31. The third-order valence-corrected chi connectivity index (χ3v) is 5.51. The average molecular weight is 331 g/mol. The van der Waals surface area contributed by atoms with Gasteiger partial charge in [0.1, 0.15) is 5.82 Å². The lowest BCUT2D eigenvalue weighted by Gasteiger charge is -2.28. The van der Waals surface area contributed by atoms with Crippen LogP contribution in [0.4, 0.5) is 4.39 Å². The lowest BCUT2D eigenvalue weighted by atomic mass is 9.77. The van der Waals surface area contributed by atoms with Gasteiger partial charge >= 0.3 is 0 Å². The lowest BCUT2D eigenvalue weighted by molar-refractivity contribution is -0.136. The molecule has 0 spiro atoms. The SMILES string of the molecule is Cc1c(F)cc2c(c1C)CC(CCC1CCC(=O)NC1=O)CC2=O. The highest BCUT2D eigenvalue weighted by Crippen LogP contribution is 2.34. The fourth-order valence-corrected chi connectivity index (χ4v) is 3.83. The first kappa shape index (κ1) is 16.8. The number of hydrogen-bond donors (Lipinski definition) is 1. The second-order valence-corrected chi connectivity index (χ2v) is 7.06. The van der Waals surface area contributed by atoms with Gasteiger partial charge in [0, 0.05) is 24.3 Å². The molecule has 0 bridgehead atoms. The molecular formula is C19H22FNO3. The van der Waals surface area contributed by atoms with Crippen molar-refractivity contribution in [3.8, 4) is 0 Å². The fourth-order valence-electron chi connectivity index (χ4n) is 3.83. The molecule has 1 aliphatic heterocycles. The van der Waals surface area contributed by atoms with E-state index in [9.17, 15) is 18.8 Å². The number of halogens is 1. The van der Waals surface area contributed by atoms with Crippen molar-refractivity contribution in [2.45, 2.75) is 52.4 Å². The number of hydrogen-bond acceptors (Lipinski definition) is 3. The average Bonchev–Trinajstić information content (AvgIpc) is 2.53. The molecule has 0 aromatic heterocycles. The van der Waals surface area contributed by atoms with E-state index in [0.29, 0.717) is 36.8 Å². The van der Waals surface area contributed by atoms with Crippen molar-refractivity contribution >= 4 is 17.6 Å². The van der Waals surface area contributed by atoms with Crippen LogP contribution in [-0.4, -0.2) is 17.6 Å². The van der Waals surface area contributed by atoms with Crippen LogP contribution in [-0.2, 0) is 16.0 Å². The summed E-state index contributed by atoms with van der Waals surface area (Å²) in [6.07, 6.45) is 3.59. The zero-order valence-electron chi connectivity index (χ0n) is 14.1. The van der Waals surface area contributed by atoms with Crippen molar-refractivity contribution in [3.63, 3.8) is 0 Å². The summed E-state index contributed by atoms with van der Waals surface area (Å²) in [6.45, 7) is 3.61. The molecule has 1 aliphatic carbocycles. The van der Waals surface area contributed by atoms with Crippen LogP contribution < -0.4 is 5.32 Å². The van der Waals surface area contributed by atoms with Crippen LogP contribution >= 0.6 is 0 Å². The maximum absolute atomic E-state index is 13.9. The molecule has 128 valence electrons. The van der Waals surface area contributed by atoms with Gasteiger partial charge in [-0.1, -0.05) is 0 Å². The molecule has 2 aliphatic rings. The third kappa shape index (κ3) is 3.12. The van der Waals surface area contributed by atoms with Crippen LogP contribution in [0.25, 0.3) is 0 Å². The van der Waals surface area contributed by atoms with Crippen molar-refractivity contribution in [1.29, 1.82) is 0 Å². The highest BCUT2D eigenvalue weighted by molar-refractivity contribution is 5.99. The normalized spacial score (nSPS) is 23.9. The number of imide groups is 1. The summed E-state index contributed by atoms with van der Waals surface area (Å²) in [5.41, 5.74) is 2.95. The Labute approximate surface area is 140 Å². The molecule has 24 heavy (non-hydrogen) atoms. The predicted molar refractivity (Wildman–Crippen MR) is 87.1 cm³/mol. The number of carbonyl (C=O) groups is 3. The molecule has 2 atom stereocenters. The number of fused-ring (bicyclic) bond motifs is 1. The number of ketones is 1. The molecular weight excluding hydrogens is 309 g/mol. The highest BCUT2D eigenvalue weighted by atomic mass is 19.1. The van der Waals surface area contributed by atoms with E-state index in [0.717, 1.165) is 24.0 Å². The Morgan fingerprint density at radius 1 is 1.12 bits per heavy atom. The van der Waals surface area contributed by atoms with Crippen molar-refractivity contribution < 1.29 is 18.8 Å². The number of carbonyl (C=O) groups excluding carboxylic acids is 3. The van der Waals surface area contributed by atoms with Gasteiger partial charge in [-0.25, -0.2) is 4.39 Å². The molecule has 2 unspecified atom stereocenters. The largest absolute Gasteiger partial charge is 0.296 e. The molecule has 3 rings (SSSR count). The molecule has 1 saturated heterocycles. The van der Waals surface area contributed by atoms with Gasteiger partial charge in [-0.15, -0.1) is 0 Å². The molecule has 1 aromatic carbocycles. The van der Waals surface area contributed by atoms with Gasteiger partial charge in [-0.05, 0) is 68.2 Å². The molecule has 5 heteroatoms. The number of amides is 2. The Morgan fingerprint density at radius 3 is 2.58 bits per heavy atom. The van der Waals surface area contributed by atoms with Gasteiger partial charge in [0.2, 0.25) is 11.8 Å². The summed E-state index contributed by atoms with van der Waals surface area (Å²) >= 11 is 0. The minimum Gasteiger partial charge on any atom is -0.296 e. The van der Waals surface area contributed by atoms with E-state index in [1.165, 1.54) is 6.07 Å². The quantitative estimate of drug-likeness (QED) is 0.866. The molecule has 0 saturated carbocycles. The second kappa shape index (κ2) is 6.46. The molecule has 1 N–H and O–H groups in total. The zero-order valence-corrected chi connectivity index (χ0v) is 14.1. The smallest absolute Gasteiger partial charge is 0.229 e. The van der Waals surface area contributed by atoms with Gasteiger partial charge in [0.15, 0.2) is 5.78 Å². The van der Waals surface area contributed by atoms with Crippen LogP contribution in [0.3, 0.4) is 0 Å². The van der Waals surface area contributed by atoms with E-state index >= 15 is 0 Å². The Kier molecular flexibility index (Phi) is 4.52. The molecule has 4 nitrogen and oxygen atoms in total. The summed E-state index contributed by atoms with van der Waals surface area (Å²) in [5, 5.41) is 2.38. The first-order chi connectivity index (χ1) is 11.4. The Bertz CT molecular complexity index is 726. The fraction of sp³-hybridized carbons (Fsp3) is 0.526. The summed E-state index contributed by atoms with van der Waals surface area (Å²) in [5.74, 6) is -0.684. The molecule has 0 radical (unpaired) electrons. The third-order valence-electron chi connectivity index (χ3n) is 5.51. The maximum atomic E-state index is 13.9. The standard InChI is InChI=1S/C19H22FNO3/c1-10-11(2)16(20)9-15-14(10)7-12(8-17(15)22)3-4-13-5-6-18(23)21-19(13)24/h9,12-13H,3-8H2,1-2H3,(H,21,23,24). The van der Waals surface area contributed by atoms with Crippen LogP contribution in [0.5, 0.6) is 0 Å². The number of rotatable bonds is 3. The van der Waals surface area contributed by atoms with E-state index in [4.69, 9.17) is 0 Å². The zero-order chi connectivity index (χ0) is 17.4. The van der Waals surface area contributed by atoms with Gasteiger partial charge in [-0.3, -0.25) is 19.7 Å². The van der Waals surface area contributed by atoms with Crippen LogP contribution in [0.2, 0.25) is 0 Å². The summed E-state index contributed by atoms with van der Waals surface area (Å²) in [6, 6.07) is 1.37. The van der Waals surface area contributed by atoms with E-state index in [2.05, 4.69) is 5.32 Å². The minimum atomic E-state index is -0.318. The first-order valence-corrected chi connectivity index (χ1v) is 8.52. The maximum Gasteiger partial charge on any atom is 0.229 e. The second-order valence-electron chi connectivity index (χ2n) is 7.06. The van der Waals surface area contributed by atoms with Gasteiger partial charge < -0.3 is 0 Å². The molecule has 1 aromatic rings. The van der Waals surface area contributed by atoms with Crippen LogP contribution in [0.1, 0.15) is 59.2 Å². The Hall–Kier alpha value is -2.04. The van der Waals surface area contributed by atoms with Crippen LogP contribution in [0, 0.1) is 31.5 Å². The number of benzene rings is 1. The summed E-state index contributed by atoms with van der Waals surface area (Å²) in [4.78, 5) is 35.4. The first-order valence-electron chi connectivity index (χ1n) is 8.52. The predicted octanol–water partition coefficient (Wildman–Crippen LogP) is 3.02. The molecule has 1 heterocycles. The lowest BCUT2D eigenvalue weighted by Crippen LogP contribution is -2.40. The van der Waals surface area contributed by atoms with E-state index in [-0.39, 0.29) is 35.3 Å². The van der Waals surface area contributed by atoms with Gasteiger partial charge in [-0.2, -0.15) is 0 Å². The Morgan fingerprint density at radius 2 is 1.88 bits per heavy atom. The van der Waals surface area contributed by atoms with Gasteiger partial charge in [0.25, 0.3) is 0 Å². The van der Waals surface area contributed by atoms with E-state index < -0.39 is 0 Å².